The zero-order valence-electron chi connectivity index (χ0n) is 11.2. The Labute approximate surface area is 95.8 Å². The fourth-order valence-electron chi connectivity index (χ4n) is 2.07. The molecule has 0 amide bonds. The summed E-state index contributed by atoms with van der Waals surface area (Å²) >= 11 is 0. The maximum absolute atomic E-state index is 5.34. The van der Waals surface area contributed by atoms with Crippen molar-refractivity contribution in [2.24, 2.45) is 5.92 Å². The van der Waals surface area contributed by atoms with Crippen molar-refractivity contribution in [3.8, 4) is 0 Å². The largest absolute Gasteiger partial charge is 0.382 e. The average Bonchev–Trinajstić information content (AvgIpc) is 2.25. The molecule has 0 heterocycles. The Morgan fingerprint density at radius 3 is 2.07 bits per heavy atom. The van der Waals surface area contributed by atoms with Crippen molar-refractivity contribution >= 4 is 0 Å². The smallest absolute Gasteiger partial charge is 0.0558 e. The molecule has 0 rings (SSSR count). The highest BCUT2D eigenvalue weighted by Gasteiger charge is 2.15. The summed E-state index contributed by atoms with van der Waals surface area (Å²) in [6, 6.07) is 0.620. The molecule has 0 aromatic carbocycles. The van der Waals surface area contributed by atoms with Crippen molar-refractivity contribution in [2.45, 2.75) is 65.5 Å². The fourth-order valence-corrected chi connectivity index (χ4v) is 2.07. The number of nitrogens with one attached hydrogen (secondary N) is 1. The fraction of sp³-hybridized carbons (Fsp3) is 1.00. The molecule has 0 saturated heterocycles. The SMILES string of the molecule is CCNC(CC(CC)CC)CC(C)OC. The Balaban J connectivity index is 4.01. The second-order valence-electron chi connectivity index (χ2n) is 4.45. The van der Waals surface area contributed by atoms with E-state index < -0.39 is 0 Å². The first-order valence-electron chi connectivity index (χ1n) is 6.43. The van der Waals surface area contributed by atoms with E-state index in [0.717, 1.165) is 18.9 Å². The highest BCUT2D eigenvalue weighted by atomic mass is 16.5. The van der Waals surface area contributed by atoms with Gasteiger partial charge in [0.05, 0.1) is 6.10 Å². The van der Waals surface area contributed by atoms with E-state index in [2.05, 4.69) is 33.0 Å². The van der Waals surface area contributed by atoms with Crippen LogP contribution in [-0.2, 0) is 4.74 Å². The maximum atomic E-state index is 5.34. The van der Waals surface area contributed by atoms with E-state index in [1.807, 2.05) is 0 Å². The van der Waals surface area contributed by atoms with Crippen LogP contribution in [-0.4, -0.2) is 25.8 Å². The summed E-state index contributed by atoms with van der Waals surface area (Å²) < 4.78 is 5.34. The van der Waals surface area contributed by atoms with Crippen LogP contribution in [0.3, 0.4) is 0 Å². The molecular formula is C13H29NO. The van der Waals surface area contributed by atoms with Gasteiger partial charge >= 0.3 is 0 Å². The van der Waals surface area contributed by atoms with Crippen molar-refractivity contribution in [1.82, 2.24) is 5.32 Å². The predicted molar refractivity (Wildman–Crippen MR) is 67.2 cm³/mol. The number of ether oxygens (including phenoxy) is 1. The zero-order valence-corrected chi connectivity index (χ0v) is 11.2. The molecule has 1 N–H and O–H groups in total. The van der Waals surface area contributed by atoms with Crippen LogP contribution in [0.2, 0.25) is 0 Å². The topological polar surface area (TPSA) is 21.3 Å². The molecule has 0 saturated carbocycles. The van der Waals surface area contributed by atoms with Gasteiger partial charge < -0.3 is 10.1 Å². The minimum absolute atomic E-state index is 0.364. The van der Waals surface area contributed by atoms with Crippen LogP contribution in [0.25, 0.3) is 0 Å². The van der Waals surface area contributed by atoms with Gasteiger partial charge in [0.25, 0.3) is 0 Å². The monoisotopic (exact) mass is 215 g/mol. The Morgan fingerprint density at radius 2 is 1.67 bits per heavy atom. The van der Waals surface area contributed by atoms with Gasteiger partial charge in [-0.15, -0.1) is 0 Å². The molecule has 2 heteroatoms. The van der Waals surface area contributed by atoms with Crippen molar-refractivity contribution in [2.75, 3.05) is 13.7 Å². The Hall–Kier alpha value is -0.0800. The first-order valence-corrected chi connectivity index (χ1v) is 6.43. The van der Waals surface area contributed by atoms with Crippen molar-refractivity contribution in [3.63, 3.8) is 0 Å². The third-order valence-corrected chi connectivity index (χ3v) is 3.28. The Morgan fingerprint density at radius 1 is 1.07 bits per heavy atom. The van der Waals surface area contributed by atoms with Crippen LogP contribution in [0.15, 0.2) is 0 Å². The van der Waals surface area contributed by atoms with Gasteiger partial charge in [-0.1, -0.05) is 33.6 Å². The van der Waals surface area contributed by atoms with Crippen molar-refractivity contribution in [3.05, 3.63) is 0 Å². The molecule has 0 aromatic heterocycles. The third kappa shape index (κ3) is 6.91. The van der Waals surface area contributed by atoms with E-state index in [4.69, 9.17) is 4.74 Å². The lowest BCUT2D eigenvalue weighted by Crippen LogP contribution is -2.34. The molecular weight excluding hydrogens is 186 g/mol. The van der Waals surface area contributed by atoms with Gasteiger partial charge in [0.2, 0.25) is 0 Å². The lowest BCUT2D eigenvalue weighted by molar-refractivity contribution is 0.0968. The summed E-state index contributed by atoms with van der Waals surface area (Å²) in [5.41, 5.74) is 0. The molecule has 2 atom stereocenters. The van der Waals surface area contributed by atoms with Crippen LogP contribution in [0.5, 0.6) is 0 Å². The zero-order chi connectivity index (χ0) is 11.7. The minimum Gasteiger partial charge on any atom is -0.382 e. The number of hydrogen-bond donors (Lipinski definition) is 1. The lowest BCUT2D eigenvalue weighted by atomic mass is 9.92. The van der Waals surface area contributed by atoms with E-state index in [-0.39, 0.29) is 0 Å². The maximum Gasteiger partial charge on any atom is 0.0558 e. The second kappa shape index (κ2) is 9.17. The van der Waals surface area contributed by atoms with Gasteiger partial charge in [0.15, 0.2) is 0 Å². The standard InChI is InChI=1S/C13H29NO/c1-6-12(7-2)10-13(14-8-3)9-11(4)15-5/h11-14H,6-10H2,1-5H3. The quantitative estimate of drug-likeness (QED) is 0.637. The van der Waals surface area contributed by atoms with Gasteiger partial charge in [-0.25, -0.2) is 0 Å². The summed E-state index contributed by atoms with van der Waals surface area (Å²) in [6.07, 6.45) is 5.36. The lowest BCUT2D eigenvalue weighted by Gasteiger charge is -2.24. The van der Waals surface area contributed by atoms with Crippen LogP contribution in [0, 0.1) is 5.92 Å². The molecule has 0 bridgehead atoms. The normalized spacial score (nSPS) is 15.6. The summed E-state index contributed by atoms with van der Waals surface area (Å²) in [6.45, 7) is 9.96. The van der Waals surface area contributed by atoms with Gasteiger partial charge in [-0.2, -0.15) is 0 Å². The van der Waals surface area contributed by atoms with Crippen molar-refractivity contribution in [1.29, 1.82) is 0 Å². The molecule has 0 aliphatic rings. The molecule has 0 spiro atoms. The van der Waals surface area contributed by atoms with E-state index in [1.54, 1.807) is 7.11 Å². The number of methoxy groups -OCH3 is 1. The first-order chi connectivity index (χ1) is 7.17. The molecule has 92 valence electrons. The van der Waals surface area contributed by atoms with Crippen LogP contribution < -0.4 is 5.32 Å². The summed E-state index contributed by atoms with van der Waals surface area (Å²) in [4.78, 5) is 0. The van der Waals surface area contributed by atoms with Gasteiger partial charge in [0.1, 0.15) is 0 Å². The molecule has 0 aromatic rings. The Bertz CT molecular complexity index is 134. The molecule has 15 heavy (non-hydrogen) atoms. The molecule has 0 aliphatic heterocycles. The van der Waals surface area contributed by atoms with Gasteiger partial charge in [-0.3, -0.25) is 0 Å². The molecule has 2 nitrogen and oxygen atoms in total. The second-order valence-corrected chi connectivity index (χ2v) is 4.45. The minimum atomic E-state index is 0.364. The van der Waals surface area contributed by atoms with Crippen LogP contribution in [0.4, 0.5) is 0 Å². The number of hydrogen-bond acceptors (Lipinski definition) is 2. The van der Waals surface area contributed by atoms with Crippen molar-refractivity contribution < 1.29 is 4.74 Å². The highest BCUT2D eigenvalue weighted by Crippen LogP contribution is 2.18. The van der Waals surface area contributed by atoms with Gasteiger partial charge in [0, 0.05) is 13.2 Å². The Kier molecular flexibility index (Phi) is 9.12. The third-order valence-electron chi connectivity index (χ3n) is 3.28. The molecule has 0 radical (unpaired) electrons. The predicted octanol–water partition coefficient (Wildman–Crippen LogP) is 3.22. The average molecular weight is 215 g/mol. The highest BCUT2D eigenvalue weighted by molar-refractivity contribution is 4.73. The van der Waals surface area contributed by atoms with Gasteiger partial charge in [-0.05, 0) is 32.2 Å². The van der Waals surface area contributed by atoms with E-state index in [9.17, 15) is 0 Å². The van der Waals surface area contributed by atoms with E-state index in [1.165, 1.54) is 19.3 Å². The van der Waals surface area contributed by atoms with E-state index in [0.29, 0.717) is 12.1 Å². The summed E-state index contributed by atoms with van der Waals surface area (Å²) in [5.74, 6) is 0.859. The van der Waals surface area contributed by atoms with E-state index >= 15 is 0 Å². The summed E-state index contributed by atoms with van der Waals surface area (Å²) in [5, 5.41) is 3.57. The summed E-state index contributed by atoms with van der Waals surface area (Å²) in [7, 11) is 1.80. The molecule has 2 unspecified atom stereocenters. The van der Waals surface area contributed by atoms with Crippen LogP contribution in [0.1, 0.15) is 53.4 Å². The molecule has 0 aliphatic carbocycles. The van der Waals surface area contributed by atoms with Crippen LogP contribution >= 0.6 is 0 Å². The first kappa shape index (κ1) is 14.9. The molecule has 0 fully saturated rings. The number of rotatable bonds is 9.